The van der Waals surface area contributed by atoms with E-state index < -0.39 is 0 Å². The molecule has 1 unspecified atom stereocenters. The number of aliphatic hydroxyl groups excluding tert-OH is 1. The molecule has 1 fully saturated rings. The van der Waals surface area contributed by atoms with Gasteiger partial charge in [0.05, 0.1) is 5.00 Å². The number of anilines is 1. The first-order valence-corrected chi connectivity index (χ1v) is 10.4. The Balaban J connectivity index is 1.92. The van der Waals surface area contributed by atoms with Crippen molar-refractivity contribution in [2.24, 2.45) is 16.8 Å². The standard InChI is InChI=1S/C19H34N4OS/c1-4-20-19(21-15-17(7-12-24)14-16(2)3)23-10-8-22(9-11-23)18-6-5-13-25-18/h5-6,13,16-17,24H,4,7-12,14-15H2,1-3H3,(H,20,21). The molecule has 5 nitrogen and oxygen atoms in total. The number of thiophene rings is 1. The fraction of sp³-hybridized carbons (Fsp3) is 0.737. The first-order chi connectivity index (χ1) is 12.1. The van der Waals surface area contributed by atoms with E-state index in [2.05, 4.69) is 53.4 Å². The van der Waals surface area contributed by atoms with E-state index in [1.165, 1.54) is 5.00 Å². The van der Waals surface area contributed by atoms with Gasteiger partial charge in [-0.15, -0.1) is 11.3 Å². The van der Waals surface area contributed by atoms with Gasteiger partial charge in [0.1, 0.15) is 0 Å². The van der Waals surface area contributed by atoms with Gasteiger partial charge >= 0.3 is 0 Å². The van der Waals surface area contributed by atoms with Gasteiger partial charge in [0, 0.05) is 45.9 Å². The predicted molar refractivity (Wildman–Crippen MR) is 109 cm³/mol. The third-order valence-electron chi connectivity index (χ3n) is 4.57. The van der Waals surface area contributed by atoms with Crippen molar-refractivity contribution >= 4 is 22.3 Å². The van der Waals surface area contributed by atoms with Crippen LogP contribution >= 0.6 is 11.3 Å². The van der Waals surface area contributed by atoms with E-state index in [1.807, 2.05) is 11.3 Å². The lowest BCUT2D eigenvalue weighted by molar-refractivity contribution is 0.245. The van der Waals surface area contributed by atoms with Gasteiger partial charge in [-0.25, -0.2) is 0 Å². The first kappa shape index (κ1) is 20.0. The molecule has 1 aliphatic heterocycles. The maximum Gasteiger partial charge on any atom is 0.194 e. The zero-order valence-corrected chi connectivity index (χ0v) is 16.8. The third kappa shape index (κ3) is 6.51. The maximum atomic E-state index is 9.31. The van der Waals surface area contributed by atoms with Crippen LogP contribution in [0.4, 0.5) is 5.00 Å². The summed E-state index contributed by atoms with van der Waals surface area (Å²) in [5.74, 6) is 2.13. The van der Waals surface area contributed by atoms with Crippen molar-refractivity contribution < 1.29 is 5.11 Å². The Morgan fingerprint density at radius 2 is 2.08 bits per heavy atom. The van der Waals surface area contributed by atoms with Crippen LogP contribution in [0.15, 0.2) is 22.5 Å². The molecule has 2 heterocycles. The second-order valence-corrected chi connectivity index (χ2v) is 8.05. The molecule has 25 heavy (non-hydrogen) atoms. The summed E-state index contributed by atoms with van der Waals surface area (Å²) in [5, 5.41) is 16.3. The Morgan fingerprint density at radius 3 is 2.64 bits per heavy atom. The first-order valence-electron chi connectivity index (χ1n) is 9.56. The molecule has 1 aromatic rings. The van der Waals surface area contributed by atoms with Gasteiger partial charge in [-0.2, -0.15) is 0 Å². The minimum atomic E-state index is 0.253. The number of aliphatic hydroxyl groups is 1. The molecule has 0 radical (unpaired) electrons. The molecule has 0 amide bonds. The summed E-state index contributed by atoms with van der Waals surface area (Å²) in [6, 6.07) is 4.32. The molecule has 1 aliphatic rings. The number of hydrogen-bond donors (Lipinski definition) is 2. The minimum absolute atomic E-state index is 0.253. The Kier molecular flexibility index (Phi) is 8.55. The number of aliphatic imine (C=N–C) groups is 1. The van der Waals surface area contributed by atoms with Crippen LogP contribution in [-0.2, 0) is 0 Å². The number of piperazine rings is 1. The predicted octanol–water partition coefficient (Wildman–Crippen LogP) is 2.88. The fourth-order valence-electron chi connectivity index (χ4n) is 3.36. The summed E-state index contributed by atoms with van der Waals surface area (Å²) in [7, 11) is 0. The summed E-state index contributed by atoms with van der Waals surface area (Å²) >= 11 is 1.81. The Bertz CT molecular complexity index is 496. The zero-order chi connectivity index (χ0) is 18.1. The summed E-state index contributed by atoms with van der Waals surface area (Å²) < 4.78 is 0. The fourth-order valence-corrected chi connectivity index (χ4v) is 4.15. The zero-order valence-electron chi connectivity index (χ0n) is 15.9. The number of guanidine groups is 1. The Hall–Kier alpha value is -1.27. The quantitative estimate of drug-likeness (QED) is 0.549. The second-order valence-electron chi connectivity index (χ2n) is 7.13. The van der Waals surface area contributed by atoms with Crippen molar-refractivity contribution in [1.29, 1.82) is 0 Å². The van der Waals surface area contributed by atoms with Crippen molar-refractivity contribution in [3.05, 3.63) is 17.5 Å². The second kappa shape index (κ2) is 10.7. The molecule has 0 aliphatic carbocycles. The number of nitrogens with one attached hydrogen (secondary N) is 1. The Morgan fingerprint density at radius 1 is 1.32 bits per heavy atom. The molecule has 0 bridgehead atoms. The van der Waals surface area contributed by atoms with Gasteiger partial charge in [-0.3, -0.25) is 4.99 Å². The average Bonchev–Trinajstić information content (AvgIpc) is 3.13. The maximum absolute atomic E-state index is 9.31. The Labute approximate surface area is 156 Å². The van der Waals surface area contributed by atoms with E-state index in [0.717, 1.165) is 58.1 Å². The summed E-state index contributed by atoms with van der Waals surface area (Å²) in [5.41, 5.74) is 0. The van der Waals surface area contributed by atoms with E-state index in [9.17, 15) is 5.11 Å². The SMILES string of the molecule is CCNC(=NCC(CCO)CC(C)C)N1CCN(c2cccs2)CC1. The van der Waals surface area contributed by atoms with E-state index in [1.54, 1.807) is 0 Å². The highest BCUT2D eigenvalue weighted by Gasteiger charge is 2.20. The highest BCUT2D eigenvalue weighted by Crippen LogP contribution is 2.22. The van der Waals surface area contributed by atoms with E-state index in [-0.39, 0.29) is 6.61 Å². The highest BCUT2D eigenvalue weighted by atomic mass is 32.1. The molecule has 142 valence electrons. The lowest BCUT2D eigenvalue weighted by Crippen LogP contribution is -2.52. The minimum Gasteiger partial charge on any atom is -0.396 e. The smallest absolute Gasteiger partial charge is 0.194 e. The number of rotatable bonds is 8. The van der Waals surface area contributed by atoms with Gasteiger partial charge in [-0.05, 0) is 49.1 Å². The van der Waals surface area contributed by atoms with Crippen LogP contribution in [0, 0.1) is 11.8 Å². The van der Waals surface area contributed by atoms with Crippen LogP contribution < -0.4 is 10.2 Å². The summed E-state index contributed by atoms with van der Waals surface area (Å²) in [6.07, 6.45) is 1.96. The molecule has 0 spiro atoms. The summed E-state index contributed by atoms with van der Waals surface area (Å²) in [6.45, 7) is 12.6. The van der Waals surface area contributed by atoms with Crippen molar-refractivity contribution in [3.8, 4) is 0 Å². The van der Waals surface area contributed by atoms with Crippen molar-refractivity contribution in [2.75, 3.05) is 50.8 Å². The van der Waals surface area contributed by atoms with Crippen LogP contribution in [0.5, 0.6) is 0 Å². The normalized spacial score (nSPS) is 17.2. The van der Waals surface area contributed by atoms with E-state index >= 15 is 0 Å². The van der Waals surface area contributed by atoms with E-state index in [0.29, 0.717) is 11.8 Å². The third-order valence-corrected chi connectivity index (χ3v) is 5.50. The van der Waals surface area contributed by atoms with E-state index in [4.69, 9.17) is 4.99 Å². The molecular weight excluding hydrogens is 332 g/mol. The lowest BCUT2D eigenvalue weighted by atomic mass is 9.94. The molecular formula is C19H34N4OS. The van der Waals surface area contributed by atoms with Gasteiger partial charge in [0.15, 0.2) is 5.96 Å². The topological polar surface area (TPSA) is 51.1 Å². The van der Waals surface area contributed by atoms with Crippen LogP contribution in [0.2, 0.25) is 0 Å². The van der Waals surface area contributed by atoms with Crippen LogP contribution in [-0.4, -0.2) is 61.8 Å². The van der Waals surface area contributed by atoms with Gasteiger partial charge in [-0.1, -0.05) is 13.8 Å². The average molecular weight is 367 g/mol. The number of nitrogens with zero attached hydrogens (tertiary/aromatic N) is 3. The molecule has 6 heteroatoms. The molecule has 1 aromatic heterocycles. The van der Waals surface area contributed by atoms with Crippen molar-refractivity contribution in [2.45, 2.75) is 33.6 Å². The van der Waals surface area contributed by atoms with Gasteiger partial charge in [0.2, 0.25) is 0 Å². The van der Waals surface area contributed by atoms with Gasteiger partial charge in [0.25, 0.3) is 0 Å². The summed E-state index contributed by atoms with van der Waals surface area (Å²) in [4.78, 5) is 9.73. The molecule has 2 N–H and O–H groups in total. The monoisotopic (exact) mass is 366 g/mol. The molecule has 1 atom stereocenters. The molecule has 1 saturated heterocycles. The van der Waals surface area contributed by atoms with Crippen LogP contribution in [0.3, 0.4) is 0 Å². The molecule has 0 saturated carbocycles. The highest BCUT2D eigenvalue weighted by molar-refractivity contribution is 7.14. The van der Waals surface area contributed by atoms with Crippen LogP contribution in [0.1, 0.15) is 33.6 Å². The molecule has 0 aromatic carbocycles. The lowest BCUT2D eigenvalue weighted by Gasteiger charge is -2.37. The van der Waals surface area contributed by atoms with Crippen molar-refractivity contribution in [3.63, 3.8) is 0 Å². The van der Waals surface area contributed by atoms with Crippen LogP contribution in [0.25, 0.3) is 0 Å². The van der Waals surface area contributed by atoms with Gasteiger partial charge < -0.3 is 20.2 Å². The van der Waals surface area contributed by atoms with Crippen molar-refractivity contribution in [1.82, 2.24) is 10.2 Å². The largest absolute Gasteiger partial charge is 0.396 e. The molecule has 2 rings (SSSR count). The number of hydrogen-bond acceptors (Lipinski definition) is 4.